The molecule has 0 amide bonds. The minimum absolute atomic E-state index is 0.224. The van der Waals surface area contributed by atoms with Crippen molar-refractivity contribution in [3.05, 3.63) is 12.7 Å². The van der Waals surface area contributed by atoms with Crippen molar-refractivity contribution in [1.29, 1.82) is 0 Å². The van der Waals surface area contributed by atoms with Gasteiger partial charge in [-0.15, -0.1) is 6.58 Å². The predicted molar refractivity (Wildman–Crippen MR) is 55.1 cm³/mol. The highest BCUT2D eigenvalue weighted by molar-refractivity contribution is 5.71. The summed E-state index contributed by atoms with van der Waals surface area (Å²) in [7, 11) is 0. The molecule has 0 spiro atoms. The largest absolute Gasteiger partial charge is 0.465 e. The van der Waals surface area contributed by atoms with Crippen molar-refractivity contribution in [2.75, 3.05) is 32.9 Å². The lowest BCUT2D eigenvalue weighted by molar-refractivity contribution is -0.142. The lowest BCUT2D eigenvalue weighted by Crippen LogP contribution is -2.27. The smallest absolute Gasteiger partial charge is 0.319 e. The fraction of sp³-hybridized carbons (Fsp3) is 0.700. The first kappa shape index (κ1) is 13.1. The molecule has 0 aliphatic heterocycles. The Kier molecular flexibility index (Phi) is 9.58. The number of nitrogens with one attached hydrogen (secondary N) is 1. The Morgan fingerprint density at radius 2 is 2.29 bits per heavy atom. The van der Waals surface area contributed by atoms with Crippen LogP contribution in [0.25, 0.3) is 0 Å². The Morgan fingerprint density at radius 1 is 1.50 bits per heavy atom. The van der Waals surface area contributed by atoms with Crippen LogP contribution in [-0.4, -0.2) is 38.9 Å². The number of ether oxygens (including phenoxy) is 2. The third-order valence-electron chi connectivity index (χ3n) is 1.46. The summed E-state index contributed by atoms with van der Waals surface area (Å²) in [5.41, 5.74) is 0. The van der Waals surface area contributed by atoms with Gasteiger partial charge < -0.3 is 14.8 Å². The standard InChI is InChI=1S/C10H19NO3/c1-3-5-7-13-8-6-11-9-10(12)14-4-2/h3,11H,1,4-9H2,2H3. The van der Waals surface area contributed by atoms with Gasteiger partial charge in [-0.3, -0.25) is 4.79 Å². The Morgan fingerprint density at radius 3 is 2.93 bits per heavy atom. The fourth-order valence-corrected chi connectivity index (χ4v) is 0.816. The van der Waals surface area contributed by atoms with Crippen molar-refractivity contribution in [2.24, 2.45) is 0 Å². The van der Waals surface area contributed by atoms with Gasteiger partial charge in [0.05, 0.1) is 26.4 Å². The Hall–Kier alpha value is -0.870. The second-order valence-corrected chi connectivity index (χ2v) is 2.67. The van der Waals surface area contributed by atoms with Gasteiger partial charge in [-0.05, 0) is 13.3 Å². The Bertz CT molecular complexity index is 159. The summed E-state index contributed by atoms with van der Waals surface area (Å²) >= 11 is 0. The van der Waals surface area contributed by atoms with Gasteiger partial charge in [-0.1, -0.05) is 6.08 Å². The van der Waals surface area contributed by atoms with E-state index in [1.165, 1.54) is 0 Å². The molecule has 0 aromatic rings. The predicted octanol–water partition coefficient (Wildman–Crippen LogP) is 0.732. The number of carbonyl (C=O) groups is 1. The summed E-state index contributed by atoms with van der Waals surface area (Å²) in [5, 5.41) is 2.92. The van der Waals surface area contributed by atoms with E-state index in [0.29, 0.717) is 26.4 Å². The fourth-order valence-electron chi connectivity index (χ4n) is 0.816. The minimum atomic E-state index is -0.224. The number of carbonyl (C=O) groups excluding carboxylic acids is 1. The van der Waals surface area contributed by atoms with Crippen molar-refractivity contribution in [1.82, 2.24) is 5.32 Å². The molecule has 0 fully saturated rings. The van der Waals surface area contributed by atoms with Crippen LogP contribution in [0.15, 0.2) is 12.7 Å². The normalized spacial score (nSPS) is 9.79. The van der Waals surface area contributed by atoms with Gasteiger partial charge in [0.25, 0.3) is 0 Å². The molecule has 0 radical (unpaired) electrons. The molecule has 0 aliphatic carbocycles. The highest BCUT2D eigenvalue weighted by Crippen LogP contribution is 1.81. The summed E-state index contributed by atoms with van der Waals surface area (Å²) in [6.07, 6.45) is 2.67. The lowest BCUT2D eigenvalue weighted by Gasteiger charge is -2.04. The van der Waals surface area contributed by atoms with E-state index in [4.69, 9.17) is 9.47 Å². The average molecular weight is 201 g/mol. The van der Waals surface area contributed by atoms with Gasteiger partial charge in [0, 0.05) is 6.54 Å². The molecule has 0 unspecified atom stereocenters. The topological polar surface area (TPSA) is 47.6 Å². The molecule has 14 heavy (non-hydrogen) atoms. The Balaban J connectivity index is 3.05. The molecule has 0 aromatic carbocycles. The van der Waals surface area contributed by atoms with Gasteiger partial charge in [-0.25, -0.2) is 0 Å². The van der Waals surface area contributed by atoms with Crippen LogP contribution in [0.3, 0.4) is 0 Å². The second-order valence-electron chi connectivity index (χ2n) is 2.67. The molecule has 0 saturated carbocycles. The van der Waals surface area contributed by atoms with Crippen LogP contribution in [0.5, 0.6) is 0 Å². The van der Waals surface area contributed by atoms with E-state index in [1.807, 2.05) is 6.08 Å². The van der Waals surface area contributed by atoms with Gasteiger partial charge in [-0.2, -0.15) is 0 Å². The molecular formula is C10H19NO3. The number of hydrogen-bond acceptors (Lipinski definition) is 4. The summed E-state index contributed by atoms with van der Waals surface area (Å²) in [5.74, 6) is -0.224. The summed E-state index contributed by atoms with van der Waals surface area (Å²) in [6.45, 7) is 8.00. The first-order valence-electron chi connectivity index (χ1n) is 4.86. The van der Waals surface area contributed by atoms with Crippen LogP contribution < -0.4 is 5.32 Å². The van der Waals surface area contributed by atoms with Crippen molar-refractivity contribution < 1.29 is 14.3 Å². The van der Waals surface area contributed by atoms with E-state index in [1.54, 1.807) is 6.92 Å². The molecular weight excluding hydrogens is 182 g/mol. The molecule has 1 N–H and O–H groups in total. The van der Waals surface area contributed by atoms with E-state index in [0.717, 1.165) is 6.42 Å². The third kappa shape index (κ3) is 9.22. The highest BCUT2D eigenvalue weighted by atomic mass is 16.5. The molecule has 0 heterocycles. The van der Waals surface area contributed by atoms with Crippen molar-refractivity contribution in [2.45, 2.75) is 13.3 Å². The molecule has 0 saturated heterocycles. The van der Waals surface area contributed by atoms with E-state index in [-0.39, 0.29) is 12.5 Å². The number of esters is 1. The maximum Gasteiger partial charge on any atom is 0.319 e. The average Bonchev–Trinajstić information content (AvgIpc) is 2.17. The summed E-state index contributed by atoms with van der Waals surface area (Å²) in [6, 6.07) is 0. The van der Waals surface area contributed by atoms with Crippen LogP contribution >= 0.6 is 0 Å². The van der Waals surface area contributed by atoms with Crippen LogP contribution in [0, 0.1) is 0 Å². The quantitative estimate of drug-likeness (QED) is 0.339. The van der Waals surface area contributed by atoms with E-state index >= 15 is 0 Å². The molecule has 0 atom stereocenters. The Labute approximate surface area is 85.3 Å². The maximum atomic E-state index is 10.8. The van der Waals surface area contributed by atoms with Crippen LogP contribution in [-0.2, 0) is 14.3 Å². The van der Waals surface area contributed by atoms with Gasteiger partial charge in [0.15, 0.2) is 0 Å². The van der Waals surface area contributed by atoms with Gasteiger partial charge in [0.2, 0.25) is 0 Å². The highest BCUT2D eigenvalue weighted by Gasteiger charge is 1.98. The van der Waals surface area contributed by atoms with Crippen LogP contribution in [0.4, 0.5) is 0 Å². The lowest BCUT2D eigenvalue weighted by atomic mass is 10.4. The SMILES string of the molecule is C=CCCOCCNCC(=O)OCC. The zero-order valence-electron chi connectivity index (χ0n) is 8.75. The zero-order chi connectivity index (χ0) is 10.6. The third-order valence-corrected chi connectivity index (χ3v) is 1.46. The number of rotatable bonds is 9. The van der Waals surface area contributed by atoms with E-state index in [9.17, 15) is 4.79 Å². The first-order chi connectivity index (χ1) is 6.81. The summed E-state index contributed by atoms with van der Waals surface area (Å²) in [4.78, 5) is 10.8. The van der Waals surface area contributed by atoms with Gasteiger partial charge in [0.1, 0.15) is 0 Å². The van der Waals surface area contributed by atoms with E-state index in [2.05, 4.69) is 11.9 Å². The molecule has 0 rings (SSSR count). The second kappa shape index (κ2) is 10.2. The van der Waals surface area contributed by atoms with Gasteiger partial charge >= 0.3 is 5.97 Å². The van der Waals surface area contributed by atoms with Crippen molar-refractivity contribution in [3.8, 4) is 0 Å². The molecule has 4 nitrogen and oxygen atoms in total. The first-order valence-corrected chi connectivity index (χ1v) is 4.86. The summed E-state index contributed by atoms with van der Waals surface area (Å²) < 4.78 is 9.96. The minimum Gasteiger partial charge on any atom is -0.465 e. The zero-order valence-corrected chi connectivity index (χ0v) is 8.75. The molecule has 0 bridgehead atoms. The van der Waals surface area contributed by atoms with E-state index < -0.39 is 0 Å². The molecule has 82 valence electrons. The molecule has 0 aliphatic rings. The van der Waals surface area contributed by atoms with Crippen LogP contribution in [0.2, 0.25) is 0 Å². The van der Waals surface area contributed by atoms with Crippen LogP contribution in [0.1, 0.15) is 13.3 Å². The number of hydrogen-bond donors (Lipinski definition) is 1. The van der Waals surface area contributed by atoms with Crippen molar-refractivity contribution >= 4 is 5.97 Å². The van der Waals surface area contributed by atoms with Crippen molar-refractivity contribution in [3.63, 3.8) is 0 Å². The maximum absolute atomic E-state index is 10.8. The monoisotopic (exact) mass is 201 g/mol. The molecule has 0 aromatic heterocycles. The molecule has 4 heteroatoms.